The number of thiophene rings is 1. The second-order valence-corrected chi connectivity index (χ2v) is 6.72. The highest BCUT2D eigenvalue weighted by atomic mass is 32.1. The SMILES string of the molecule is COC(=O)c1ccc(C(=O)N2CCCC2Cc2ccccc2)s1. The summed E-state index contributed by atoms with van der Waals surface area (Å²) < 4.78 is 4.70. The molecule has 1 unspecified atom stereocenters. The van der Waals surface area contributed by atoms with E-state index in [-0.39, 0.29) is 11.9 Å². The van der Waals surface area contributed by atoms with Crippen molar-refractivity contribution in [3.8, 4) is 0 Å². The Kier molecular flexibility index (Phi) is 4.76. The first kappa shape index (κ1) is 15.7. The number of carbonyl (C=O) groups excluding carboxylic acids is 2. The predicted octanol–water partition coefficient (Wildman–Crippen LogP) is 3.38. The van der Waals surface area contributed by atoms with Gasteiger partial charge in [0.05, 0.1) is 12.0 Å². The number of likely N-dealkylation sites (tertiary alicyclic amines) is 1. The molecular weight excluding hydrogens is 310 g/mol. The molecule has 1 fully saturated rings. The first-order valence-electron chi connectivity index (χ1n) is 7.72. The lowest BCUT2D eigenvalue weighted by Crippen LogP contribution is -2.36. The van der Waals surface area contributed by atoms with Crippen LogP contribution in [-0.4, -0.2) is 36.5 Å². The molecule has 1 aromatic heterocycles. The van der Waals surface area contributed by atoms with Crippen LogP contribution in [0.4, 0.5) is 0 Å². The molecule has 1 aromatic carbocycles. The van der Waals surface area contributed by atoms with Crippen molar-refractivity contribution < 1.29 is 14.3 Å². The summed E-state index contributed by atoms with van der Waals surface area (Å²) in [6, 6.07) is 13.9. The average Bonchev–Trinajstić information content (AvgIpc) is 3.24. The number of esters is 1. The Labute approximate surface area is 139 Å². The lowest BCUT2D eigenvalue weighted by molar-refractivity contribution is 0.0606. The van der Waals surface area contributed by atoms with E-state index in [4.69, 9.17) is 4.74 Å². The topological polar surface area (TPSA) is 46.6 Å². The number of methoxy groups -OCH3 is 1. The van der Waals surface area contributed by atoms with E-state index >= 15 is 0 Å². The Balaban J connectivity index is 1.73. The van der Waals surface area contributed by atoms with E-state index in [2.05, 4.69) is 12.1 Å². The molecule has 1 aliphatic heterocycles. The fourth-order valence-electron chi connectivity index (χ4n) is 3.01. The van der Waals surface area contributed by atoms with E-state index in [1.807, 2.05) is 23.1 Å². The monoisotopic (exact) mass is 329 g/mol. The molecule has 1 aliphatic rings. The van der Waals surface area contributed by atoms with Gasteiger partial charge in [-0.05, 0) is 37.0 Å². The summed E-state index contributed by atoms with van der Waals surface area (Å²) in [5.41, 5.74) is 1.25. The van der Waals surface area contributed by atoms with Gasteiger partial charge in [0.25, 0.3) is 5.91 Å². The zero-order chi connectivity index (χ0) is 16.2. The van der Waals surface area contributed by atoms with E-state index in [0.717, 1.165) is 25.8 Å². The first-order valence-corrected chi connectivity index (χ1v) is 8.53. The van der Waals surface area contributed by atoms with Crippen molar-refractivity contribution in [2.75, 3.05) is 13.7 Å². The maximum absolute atomic E-state index is 12.8. The minimum atomic E-state index is -0.392. The molecule has 1 amide bonds. The van der Waals surface area contributed by atoms with Crippen LogP contribution in [0.1, 0.15) is 37.7 Å². The van der Waals surface area contributed by atoms with Gasteiger partial charge in [-0.2, -0.15) is 0 Å². The Hall–Kier alpha value is -2.14. The standard InChI is InChI=1S/C18H19NO3S/c1-22-18(21)16-10-9-15(23-16)17(20)19-11-5-8-14(19)12-13-6-3-2-4-7-13/h2-4,6-7,9-10,14H,5,8,11-12H2,1H3. The summed E-state index contributed by atoms with van der Waals surface area (Å²) in [7, 11) is 1.35. The normalized spacial score (nSPS) is 17.3. The molecule has 0 aliphatic carbocycles. The zero-order valence-corrected chi connectivity index (χ0v) is 13.8. The van der Waals surface area contributed by atoms with Gasteiger partial charge in [0.1, 0.15) is 4.88 Å². The van der Waals surface area contributed by atoms with Crippen LogP contribution < -0.4 is 0 Å². The van der Waals surface area contributed by atoms with Crippen LogP contribution in [0.15, 0.2) is 42.5 Å². The molecule has 0 spiro atoms. The van der Waals surface area contributed by atoms with Crippen molar-refractivity contribution in [1.29, 1.82) is 0 Å². The number of carbonyl (C=O) groups is 2. The number of amides is 1. The molecule has 2 aromatic rings. The molecule has 3 rings (SSSR count). The van der Waals surface area contributed by atoms with Crippen LogP contribution in [0.25, 0.3) is 0 Å². The van der Waals surface area contributed by atoms with E-state index in [1.165, 1.54) is 24.0 Å². The Bertz CT molecular complexity index is 695. The minimum absolute atomic E-state index is 0.0172. The summed E-state index contributed by atoms with van der Waals surface area (Å²) >= 11 is 1.20. The summed E-state index contributed by atoms with van der Waals surface area (Å²) in [5, 5.41) is 0. The Morgan fingerprint density at radius 2 is 1.91 bits per heavy atom. The van der Waals surface area contributed by atoms with E-state index in [9.17, 15) is 9.59 Å². The highest BCUT2D eigenvalue weighted by Gasteiger charge is 2.30. The maximum atomic E-state index is 12.8. The molecule has 23 heavy (non-hydrogen) atoms. The minimum Gasteiger partial charge on any atom is -0.465 e. The lowest BCUT2D eigenvalue weighted by atomic mass is 10.0. The third-order valence-electron chi connectivity index (χ3n) is 4.16. The highest BCUT2D eigenvalue weighted by molar-refractivity contribution is 7.15. The smallest absolute Gasteiger partial charge is 0.348 e. The fraction of sp³-hybridized carbons (Fsp3) is 0.333. The van der Waals surface area contributed by atoms with Gasteiger partial charge in [-0.15, -0.1) is 11.3 Å². The third-order valence-corrected chi connectivity index (χ3v) is 5.21. The summed E-state index contributed by atoms with van der Waals surface area (Å²) in [6.07, 6.45) is 2.93. The molecule has 0 bridgehead atoms. The molecule has 0 saturated carbocycles. The number of benzene rings is 1. The quantitative estimate of drug-likeness (QED) is 0.808. The molecule has 4 nitrogen and oxygen atoms in total. The van der Waals surface area contributed by atoms with Crippen LogP contribution in [-0.2, 0) is 11.2 Å². The van der Waals surface area contributed by atoms with Crippen LogP contribution >= 0.6 is 11.3 Å². The zero-order valence-electron chi connectivity index (χ0n) is 13.0. The van der Waals surface area contributed by atoms with Gasteiger partial charge in [-0.25, -0.2) is 4.79 Å². The second-order valence-electron chi connectivity index (χ2n) is 5.64. The molecule has 0 radical (unpaired) electrons. The number of nitrogens with zero attached hydrogens (tertiary/aromatic N) is 1. The van der Waals surface area contributed by atoms with E-state index in [1.54, 1.807) is 12.1 Å². The number of rotatable bonds is 4. The highest BCUT2D eigenvalue weighted by Crippen LogP contribution is 2.26. The molecule has 1 saturated heterocycles. The lowest BCUT2D eigenvalue weighted by Gasteiger charge is -2.24. The second kappa shape index (κ2) is 6.96. The van der Waals surface area contributed by atoms with Gasteiger partial charge in [0.15, 0.2) is 0 Å². The van der Waals surface area contributed by atoms with Crippen LogP contribution in [0.5, 0.6) is 0 Å². The van der Waals surface area contributed by atoms with Gasteiger partial charge in [0, 0.05) is 12.6 Å². The van der Waals surface area contributed by atoms with Crippen molar-refractivity contribution in [1.82, 2.24) is 4.90 Å². The fourth-order valence-corrected chi connectivity index (χ4v) is 3.89. The molecule has 5 heteroatoms. The van der Waals surface area contributed by atoms with Gasteiger partial charge in [-0.1, -0.05) is 30.3 Å². The van der Waals surface area contributed by atoms with E-state index in [0.29, 0.717) is 9.75 Å². The molecular formula is C18H19NO3S. The van der Waals surface area contributed by atoms with Crippen LogP contribution in [0.3, 0.4) is 0 Å². The average molecular weight is 329 g/mol. The molecule has 120 valence electrons. The number of hydrogen-bond donors (Lipinski definition) is 0. The van der Waals surface area contributed by atoms with Gasteiger partial charge >= 0.3 is 5.97 Å². The number of ether oxygens (including phenoxy) is 1. The molecule has 2 heterocycles. The summed E-state index contributed by atoms with van der Waals surface area (Å²) in [4.78, 5) is 27.3. The molecule has 0 N–H and O–H groups in total. The van der Waals surface area contributed by atoms with Crippen molar-refractivity contribution in [2.24, 2.45) is 0 Å². The van der Waals surface area contributed by atoms with Crippen molar-refractivity contribution in [3.05, 3.63) is 57.8 Å². The number of hydrogen-bond acceptors (Lipinski definition) is 4. The third kappa shape index (κ3) is 3.45. The summed E-state index contributed by atoms with van der Waals surface area (Å²) in [5.74, 6) is -0.375. The van der Waals surface area contributed by atoms with E-state index < -0.39 is 5.97 Å². The van der Waals surface area contributed by atoms with Crippen molar-refractivity contribution in [2.45, 2.75) is 25.3 Å². The van der Waals surface area contributed by atoms with Gasteiger partial charge in [0.2, 0.25) is 0 Å². The molecule has 1 atom stereocenters. The van der Waals surface area contributed by atoms with Crippen molar-refractivity contribution in [3.63, 3.8) is 0 Å². The summed E-state index contributed by atoms with van der Waals surface area (Å²) in [6.45, 7) is 0.780. The Morgan fingerprint density at radius 3 is 2.65 bits per heavy atom. The maximum Gasteiger partial charge on any atom is 0.348 e. The first-order chi connectivity index (χ1) is 11.2. The largest absolute Gasteiger partial charge is 0.465 e. The van der Waals surface area contributed by atoms with Gasteiger partial charge in [-0.3, -0.25) is 4.79 Å². The van der Waals surface area contributed by atoms with Gasteiger partial charge < -0.3 is 9.64 Å². The van der Waals surface area contributed by atoms with Crippen molar-refractivity contribution >= 4 is 23.2 Å². The predicted molar refractivity (Wildman–Crippen MR) is 89.9 cm³/mol. The Morgan fingerprint density at radius 1 is 1.17 bits per heavy atom. The van der Waals surface area contributed by atoms with Crippen LogP contribution in [0, 0.1) is 0 Å². The van der Waals surface area contributed by atoms with Crippen LogP contribution in [0.2, 0.25) is 0 Å².